The minimum Gasteiger partial charge on any atom is -0.336 e. The van der Waals surface area contributed by atoms with Crippen LogP contribution in [0.2, 0.25) is 0 Å². The van der Waals surface area contributed by atoms with E-state index in [4.69, 9.17) is 0 Å². The average molecular weight is 330 g/mol. The van der Waals surface area contributed by atoms with Crippen LogP contribution in [-0.4, -0.2) is 35.6 Å². The fourth-order valence-corrected chi connectivity index (χ4v) is 1.80. The first kappa shape index (κ1) is 15.9. The molecule has 16 heavy (non-hydrogen) atoms. The first-order valence-electron chi connectivity index (χ1n) is 4.72. The van der Waals surface area contributed by atoms with Crippen LogP contribution in [-0.2, 0) is 0 Å². The SMILES string of the molecule is C[C@H]1CNCCN1c1ncc(Br)cn1.Cl.Cl. The lowest BCUT2D eigenvalue weighted by Crippen LogP contribution is -2.50. The summed E-state index contributed by atoms with van der Waals surface area (Å²) < 4.78 is 0.920. The number of nitrogens with zero attached hydrogens (tertiary/aromatic N) is 3. The first-order chi connectivity index (χ1) is 6.77. The van der Waals surface area contributed by atoms with E-state index in [-0.39, 0.29) is 24.8 Å². The molecule has 92 valence electrons. The Morgan fingerprint density at radius 1 is 1.38 bits per heavy atom. The van der Waals surface area contributed by atoms with Crippen molar-refractivity contribution in [3.63, 3.8) is 0 Å². The maximum Gasteiger partial charge on any atom is 0.225 e. The second-order valence-electron chi connectivity index (χ2n) is 3.45. The first-order valence-corrected chi connectivity index (χ1v) is 5.51. The van der Waals surface area contributed by atoms with Gasteiger partial charge in [0.05, 0.1) is 4.47 Å². The molecule has 1 saturated heterocycles. The Balaban J connectivity index is 0.00000112. The fourth-order valence-electron chi connectivity index (χ4n) is 1.59. The minimum absolute atomic E-state index is 0. The summed E-state index contributed by atoms with van der Waals surface area (Å²) >= 11 is 3.33. The molecule has 0 saturated carbocycles. The highest BCUT2D eigenvalue weighted by molar-refractivity contribution is 9.10. The number of hydrogen-bond donors (Lipinski definition) is 1. The average Bonchev–Trinajstić information content (AvgIpc) is 2.20. The Hall–Kier alpha value is -0.100. The molecule has 1 aromatic heterocycles. The van der Waals surface area contributed by atoms with Crippen LogP contribution in [0.1, 0.15) is 6.92 Å². The van der Waals surface area contributed by atoms with E-state index >= 15 is 0 Å². The van der Waals surface area contributed by atoms with Crippen molar-refractivity contribution in [1.29, 1.82) is 0 Å². The minimum atomic E-state index is 0. The lowest BCUT2D eigenvalue weighted by molar-refractivity contribution is 0.493. The Bertz CT molecular complexity index is 309. The summed E-state index contributed by atoms with van der Waals surface area (Å²) in [5.41, 5.74) is 0. The molecule has 1 fully saturated rings. The van der Waals surface area contributed by atoms with Crippen LogP contribution < -0.4 is 10.2 Å². The van der Waals surface area contributed by atoms with Crippen LogP contribution >= 0.6 is 40.7 Å². The Kier molecular flexibility index (Phi) is 7.22. The van der Waals surface area contributed by atoms with Crippen LogP contribution in [0, 0.1) is 0 Å². The molecule has 0 aliphatic carbocycles. The van der Waals surface area contributed by atoms with Crippen LogP contribution in [0.15, 0.2) is 16.9 Å². The van der Waals surface area contributed by atoms with Gasteiger partial charge >= 0.3 is 0 Å². The van der Waals surface area contributed by atoms with Crippen molar-refractivity contribution in [2.45, 2.75) is 13.0 Å². The maximum atomic E-state index is 4.29. The van der Waals surface area contributed by atoms with Crippen molar-refractivity contribution in [3.05, 3.63) is 16.9 Å². The van der Waals surface area contributed by atoms with Crippen LogP contribution in [0.5, 0.6) is 0 Å². The molecule has 1 aromatic rings. The van der Waals surface area contributed by atoms with Crippen molar-refractivity contribution in [2.75, 3.05) is 24.5 Å². The quantitative estimate of drug-likeness (QED) is 0.854. The number of hydrogen-bond acceptors (Lipinski definition) is 4. The van der Waals surface area contributed by atoms with Crippen LogP contribution in [0.25, 0.3) is 0 Å². The molecule has 1 aliphatic heterocycles. The second-order valence-corrected chi connectivity index (χ2v) is 4.36. The van der Waals surface area contributed by atoms with Crippen molar-refractivity contribution in [1.82, 2.24) is 15.3 Å². The van der Waals surface area contributed by atoms with Gasteiger partial charge in [0.15, 0.2) is 0 Å². The Labute approximate surface area is 116 Å². The molecular weight excluding hydrogens is 315 g/mol. The molecule has 2 rings (SSSR count). The smallest absolute Gasteiger partial charge is 0.225 e. The van der Waals surface area contributed by atoms with Crippen molar-refractivity contribution >= 4 is 46.7 Å². The topological polar surface area (TPSA) is 41.0 Å². The second kappa shape index (κ2) is 7.27. The molecular formula is C9H15BrCl2N4. The van der Waals surface area contributed by atoms with Gasteiger partial charge in [0.1, 0.15) is 0 Å². The predicted octanol–water partition coefficient (Wildman–Crippen LogP) is 1.88. The summed E-state index contributed by atoms with van der Waals surface area (Å²) in [6.45, 7) is 5.16. The van der Waals surface area contributed by atoms with E-state index in [0.717, 1.165) is 30.1 Å². The van der Waals surface area contributed by atoms with Crippen molar-refractivity contribution in [3.8, 4) is 0 Å². The Morgan fingerprint density at radius 3 is 2.56 bits per heavy atom. The van der Waals surface area contributed by atoms with Gasteiger partial charge in [0, 0.05) is 38.1 Å². The molecule has 0 aromatic carbocycles. The van der Waals surface area contributed by atoms with Gasteiger partial charge in [-0.05, 0) is 22.9 Å². The number of anilines is 1. The molecule has 7 heteroatoms. The van der Waals surface area contributed by atoms with Gasteiger partial charge in [0.2, 0.25) is 5.95 Å². The molecule has 1 aliphatic rings. The third-order valence-corrected chi connectivity index (χ3v) is 2.77. The number of nitrogens with one attached hydrogen (secondary N) is 1. The number of aromatic nitrogens is 2. The van der Waals surface area contributed by atoms with Crippen molar-refractivity contribution < 1.29 is 0 Å². The molecule has 1 N–H and O–H groups in total. The summed E-state index contributed by atoms with van der Waals surface area (Å²) in [5, 5.41) is 3.34. The molecule has 0 spiro atoms. The van der Waals surface area contributed by atoms with Crippen LogP contribution in [0.4, 0.5) is 5.95 Å². The largest absolute Gasteiger partial charge is 0.336 e. The molecule has 0 radical (unpaired) electrons. The normalized spacial score (nSPS) is 19.6. The van der Waals surface area contributed by atoms with E-state index < -0.39 is 0 Å². The van der Waals surface area contributed by atoms with Gasteiger partial charge in [-0.1, -0.05) is 0 Å². The van der Waals surface area contributed by atoms with E-state index in [0.29, 0.717) is 6.04 Å². The lowest BCUT2D eigenvalue weighted by atomic mass is 10.2. The molecule has 1 atom stereocenters. The standard InChI is InChI=1S/C9H13BrN4.2ClH/c1-7-4-11-2-3-14(7)9-12-5-8(10)6-13-9;;/h5-7,11H,2-4H2,1H3;2*1H/t7-;;/m0../s1. The molecule has 2 heterocycles. The van der Waals surface area contributed by atoms with E-state index in [1.807, 2.05) is 0 Å². The van der Waals surface area contributed by atoms with Crippen LogP contribution in [0.3, 0.4) is 0 Å². The van der Waals surface area contributed by atoms with Gasteiger partial charge in [-0.15, -0.1) is 24.8 Å². The van der Waals surface area contributed by atoms with E-state index in [1.165, 1.54) is 0 Å². The summed E-state index contributed by atoms with van der Waals surface area (Å²) in [4.78, 5) is 10.8. The van der Waals surface area contributed by atoms with E-state index in [2.05, 4.69) is 43.0 Å². The Morgan fingerprint density at radius 2 is 2.00 bits per heavy atom. The fraction of sp³-hybridized carbons (Fsp3) is 0.556. The van der Waals surface area contributed by atoms with Gasteiger partial charge in [0.25, 0.3) is 0 Å². The summed E-state index contributed by atoms with van der Waals surface area (Å²) in [6.07, 6.45) is 3.58. The van der Waals surface area contributed by atoms with Gasteiger partial charge in [-0.25, -0.2) is 9.97 Å². The molecule has 4 nitrogen and oxygen atoms in total. The highest BCUT2D eigenvalue weighted by Gasteiger charge is 2.19. The molecule has 0 unspecified atom stereocenters. The van der Waals surface area contributed by atoms with E-state index in [9.17, 15) is 0 Å². The summed E-state index contributed by atoms with van der Waals surface area (Å²) in [7, 11) is 0. The third kappa shape index (κ3) is 3.73. The molecule has 0 amide bonds. The third-order valence-electron chi connectivity index (χ3n) is 2.36. The number of halogens is 3. The maximum absolute atomic E-state index is 4.29. The zero-order valence-electron chi connectivity index (χ0n) is 8.89. The van der Waals surface area contributed by atoms with Gasteiger partial charge in [-0.2, -0.15) is 0 Å². The highest BCUT2D eigenvalue weighted by atomic mass is 79.9. The zero-order valence-corrected chi connectivity index (χ0v) is 12.1. The molecule has 0 bridgehead atoms. The summed E-state index contributed by atoms with van der Waals surface area (Å²) in [5.74, 6) is 0.821. The van der Waals surface area contributed by atoms with E-state index in [1.54, 1.807) is 12.4 Å². The highest BCUT2D eigenvalue weighted by Crippen LogP contribution is 2.14. The predicted molar refractivity (Wildman–Crippen MR) is 73.9 cm³/mol. The number of rotatable bonds is 1. The summed E-state index contributed by atoms with van der Waals surface area (Å²) in [6, 6.07) is 0.463. The van der Waals surface area contributed by atoms with Crippen molar-refractivity contribution in [2.24, 2.45) is 0 Å². The zero-order chi connectivity index (χ0) is 9.97. The monoisotopic (exact) mass is 328 g/mol. The lowest BCUT2D eigenvalue weighted by Gasteiger charge is -2.33. The number of piperazine rings is 1. The van der Waals surface area contributed by atoms with Gasteiger partial charge < -0.3 is 10.2 Å². The van der Waals surface area contributed by atoms with Gasteiger partial charge in [-0.3, -0.25) is 0 Å².